The van der Waals surface area contributed by atoms with Gasteiger partial charge in [0.25, 0.3) is 11.8 Å². The molecule has 5 nitrogen and oxygen atoms in total. The van der Waals surface area contributed by atoms with Gasteiger partial charge in [-0.2, -0.15) is 0 Å². The molecule has 2 rings (SSSR count). The second-order valence-electron chi connectivity index (χ2n) is 3.76. The summed E-state index contributed by atoms with van der Waals surface area (Å²) in [4.78, 5) is 24.2. The van der Waals surface area contributed by atoms with Gasteiger partial charge in [0, 0.05) is 10.2 Å². The summed E-state index contributed by atoms with van der Waals surface area (Å²) in [5, 5.41) is 0. The Hall–Kier alpha value is -1.40. The minimum absolute atomic E-state index is 0.0464. The molecule has 1 saturated heterocycles. The molecule has 1 aliphatic rings. The molecule has 1 aromatic carbocycles. The minimum atomic E-state index is -0.320. The maximum atomic E-state index is 11.5. The number of hydrogen-bond donors (Lipinski definition) is 1. The molecule has 90 valence electrons. The Bertz CT molecular complexity index is 440. The molecule has 1 heterocycles. The highest BCUT2D eigenvalue weighted by Crippen LogP contribution is 2.19. The van der Waals surface area contributed by atoms with Crippen LogP contribution in [0.25, 0.3) is 0 Å². The van der Waals surface area contributed by atoms with E-state index in [9.17, 15) is 9.59 Å². The molecule has 1 aliphatic heterocycles. The molecule has 17 heavy (non-hydrogen) atoms. The fourth-order valence-corrected chi connectivity index (χ4v) is 2.20. The summed E-state index contributed by atoms with van der Waals surface area (Å²) in [6.45, 7) is 0.134. The smallest absolute Gasteiger partial charge is 0.255 e. The number of nitrogen functional groups attached to an aromatic ring is 1. The number of morpholine rings is 1. The van der Waals surface area contributed by atoms with Crippen molar-refractivity contribution in [1.29, 1.82) is 0 Å². The van der Waals surface area contributed by atoms with E-state index in [2.05, 4.69) is 15.9 Å². The monoisotopic (exact) mass is 298 g/mol. The van der Waals surface area contributed by atoms with E-state index in [0.29, 0.717) is 5.69 Å². The van der Waals surface area contributed by atoms with E-state index in [4.69, 9.17) is 10.5 Å². The highest BCUT2D eigenvalue weighted by molar-refractivity contribution is 9.10. The quantitative estimate of drug-likeness (QED) is 0.651. The van der Waals surface area contributed by atoms with Crippen LogP contribution in [0.15, 0.2) is 22.7 Å². The molecule has 0 radical (unpaired) electrons. The van der Waals surface area contributed by atoms with Crippen LogP contribution in [0.1, 0.15) is 5.56 Å². The Morgan fingerprint density at radius 1 is 1.24 bits per heavy atom. The highest BCUT2D eigenvalue weighted by Gasteiger charge is 2.26. The minimum Gasteiger partial charge on any atom is -0.399 e. The van der Waals surface area contributed by atoms with Crippen molar-refractivity contribution in [3.63, 3.8) is 0 Å². The molecule has 0 saturated carbocycles. The number of nitrogens with two attached hydrogens (primary N) is 1. The molecule has 0 aromatic heterocycles. The average Bonchev–Trinajstić information content (AvgIpc) is 2.22. The average molecular weight is 299 g/mol. The molecule has 0 atom stereocenters. The number of carbonyl (C=O) groups is 2. The summed E-state index contributed by atoms with van der Waals surface area (Å²) in [5.74, 6) is -0.639. The number of amides is 2. The number of anilines is 1. The molecule has 2 N–H and O–H groups in total. The Morgan fingerprint density at radius 3 is 2.47 bits per heavy atom. The van der Waals surface area contributed by atoms with E-state index in [-0.39, 0.29) is 31.6 Å². The Morgan fingerprint density at radius 2 is 1.88 bits per heavy atom. The summed E-state index contributed by atoms with van der Waals surface area (Å²) in [6.07, 6.45) is 0. The molecule has 0 aliphatic carbocycles. The van der Waals surface area contributed by atoms with Crippen LogP contribution in [0.5, 0.6) is 0 Å². The van der Waals surface area contributed by atoms with Gasteiger partial charge in [-0.05, 0) is 23.8 Å². The molecular formula is C11H11BrN2O3. The van der Waals surface area contributed by atoms with Crippen LogP contribution in [0.4, 0.5) is 5.69 Å². The second-order valence-corrected chi connectivity index (χ2v) is 4.67. The van der Waals surface area contributed by atoms with Crippen molar-refractivity contribution in [2.24, 2.45) is 0 Å². The van der Waals surface area contributed by atoms with E-state index < -0.39 is 0 Å². The summed E-state index contributed by atoms with van der Waals surface area (Å²) < 4.78 is 5.65. The van der Waals surface area contributed by atoms with Crippen molar-refractivity contribution in [3.05, 3.63) is 28.2 Å². The van der Waals surface area contributed by atoms with Gasteiger partial charge in [0.1, 0.15) is 13.2 Å². The van der Waals surface area contributed by atoms with Crippen LogP contribution in [0, 0.1) is 0 Å². The van der Waals surface area contributed by atoms with Gasteiger partial charge in [-0.1, -0.05) is 15.9 Å². The zero-order valence-electron chi connectivity index (χ0n) is 8.98. The second kappa shape index (κ2) is 4.85. The standard InChI is InChI=1S/C11H11BrN2O3/c12-8-1-7(2-9(13)3-8)4-14-10(15)5-17-6-11(14)16/h1-3H,4-6,13H2. The summed E-state index contributed by atoms with van der Waals surface area (Å²) in [6, 6.07) is 5.32. The van der Waals surface area contributed by atoms with Gasteiger partial charge >= 0.3 is 0 Å². The SMILES string of the molecule is Nc1cc(Br)cc(CN2C(=O)COCC2=O)c1. The summed E-state index contributed by atoms with van der Waals surface area (Å²) >= 11 is 3.31. The molecule has 6 heteroatoms. The maximum Gasteiger partial charge on any atom is 0.255 e. The van der Waals surface area contributed by atoms with Gasteiger partial charge < -0.3 is 10.5 Å². The number of hydrogen-bond acceptors (Lipinski definition) is 4. The molecule has 1 fully saturated rings. The zero-order valence-corrected chi connectivity index (χ0v) is 10.6. The van der Waals surface area contributed by atoms with E-state index in [0.717, 1.165) is 10.0 Å². The summed E-state index contributed by atoms with van der Waals surface area (Å²) in [7, 11) is 0. The van der Waals surface area contributed by atoms with Crippen LogP contribution in [-0.4, -0.2) is 29.9 Å². The van der Waals surface area contributed by atoms with Crippen molar-refractivity contribution >= 4 is 33.4 Å². The van der Waals surface area contributed by atoms with Crippen LogP contribution in [0.3, 0.4) is 0 Å². The first kappa shape index (κ1) is 12.1. The normalized spacial score (nSPS) is 16.4. The lowest BCUT2D eigenvalue weighted by Crippen LogP contribution is -2.45. The number of benzene rings is 1. The fourth-order valence-electron chi connectivity index (χ4n) is 1.65. The van der Waals surface area contributed by atoms with Crippen molar-refractivity contribution in [3.8, 4) is 0 Å². The van der Waals surface area contributed by atoms with Gasteiger partial charge in [-0.15, -0.1) is 0 Å². The first-order valence-corrected chi connectivity index (χ1v) is 5.81. The van der Waals surface area contributed by atoms with Crippen LogP contribution in [0.2, 0.25) is 0 Å². The molecule has 1 aromatic rings. The number of nitrogens with zero attached hydrogens (tertiary/aromatic N) is 1. The zero-order chi connectivity index (χ0) is 12.4. The third-order valence-electron chi connectivity index (χ3n) is 2.37. The predicted octanol–water partition coefficient (Wildman–Crippen LogP) is 0.917. The van der Waals surface area contributed by atoms with E-state index in [1.54, 1.807) is 12.1 Å². The first-order valence-electron chi connectivity index (χ1n) is 5.02. The molecular weight excluding hydrogens is 288 g/mol. The van der Waals surface area contributed by atoms with E-state index in [1.807, 2.05) is 6.07 Å². The van der Waals surface area contributed by atoms with Gasteiger partial charge in [0.05, 0.1) is 6.54 Å². The molecule has 0 unspecified atom stereocenters. The lowest BCUT2D eigenvalue weighted by atomic mass is 10.2. The Labute approximate surface area is 107 Å². The van der Waals surface area contributed by atoms with Crippen molar-refractivity contribution in [1.82, 2.24) is 4.90 Å². The van der Waals surface area contributed by atoms with Crippen molar-refractivity contribution in [2.75, 3.05) is 18.9 Å². The predicted molar refractivity (Wildman–Crippen MR) is 64.9 cm³/mol. The van der Waals surface area contributed by atoms with Gasteiger partial charge in [0.2, 0.25) is 0 Å². The van der Waals surface area contributed by atoms with Crippen LogP contribution in [-0.2, 0) is 20.9 Å². The highest BCUT2D eigenvalue weighted by atomic mass is 79.9. The van der Waals surface area contributed by atoms with Gasteiger partial charge in [-0.3, -0.25) is 14.5 Å². The number of imide groups is 1. The summed E-state index contributed by atoms with van der Waals surface area (Å²) in [5.41, 5.74) is 7.08. The van der Waals surface area contributed by atoms with Gasteiger partial charge in [0.15, 0.2) is 0 Å². The molecule has 0 bridgehead atoms. The number of carbonyl (C=O) groups excluding carboxylic acids is 2. The largest absolute Gasteiger partial charge is 0.399 e. The Kier molecular flexibility index (Phi) is 3.44. The van der Waals surface area contributed by atoms with Crippen molar-refractivity contribution in [2.45, 2.75) is 6.54 Å². The third kappa shape index (κ3) is 2.83. The lowest BCUT2D eigenvalue weighted by Gasteiger charge is -2.25. The third-order valence-corrected chi connectivity index (χ3v) is 2.83. The van der Waals surface area contributed by atoms with E-state index >= 15 is 0 Å². The first-order chi connectivity index (χ1) is 8.06. The maximum absolute atomic E-state index is 11.5. The number of ether oxygens (including phenoxy) is 1. The van der Waals surface area contributed by atoms with Crippen LogP contribution < -0.4 is 5.73 Å². The van der Waals surface area contributed by atoms with Crippen LogP contribution >= 0.6 is 15.9 Å². The molecule has 2 amide bonds. The number of halogens is 1. The van der Waals surface area contributed by atoms with Gasteiger partial charge in [-0.25, -0.2) is 0 Å². The van der Waals surface area contributed by atoms with Crippen molar-refractivity contribution < 1.29 is 14.3 Å². The fraction of sp³-hybridized carbons (Fsp3) is 0.273. The topological polar surface area (TPSA) is 72.6 Å². The number of rotatable bonds is 2. The Balaban J connectivity index is 2.19. The van der Waals surface area contributed by atoms with E-state index in [1.165, 1.54) is 4.90 Å². The molecule has 0 spiro atoms. The lowest BCUT2D eigenvalue weighted by molar-refractivity contribution is -0.159.